The Morgan fingerprint density at radius 2 is 1.70 bits per heavy atom. The molecule has 2 aliphatic heterocycles. The summed E-state index contributed by atoms with van der Waals surface area (Å²) in [6, 6.07) is -1.94. The molecule has 0 aromatic rings. The lowest BCUT2D eigenvalue weighted by Gasteiger charge is -2.44. The van der Waals surface area contributed by atoms with Crippen LogP contribution < -0.4 is 4.72 Å². The fourth-order valence-corrected chi connectivity index (χ4v) is 3.66. The third kappa shape index (κ3) is 6.75. The summed E-state index contributed by atoms with van der Waals surface area (Å²) in [5.41, 5.74) is 0. The summed E-state index contributed by atoms with van der Waals surface area (Å²) in [7, 11) is -9.97. The quantitative estimate of drug-likeness (QED) is 0.150. The molecule has 8 N–H and O–H groups in total. The second-order valence-corrected chi connectivity index (χ2v) is 8.52. The summed E-state index contributed by atoms with van der Waals surface area (Å²) in [6.45, 7) is -1.77. The van der Waals surface area contributed by atoms with E-state index in [0.29, 0.717) is 0 Å². The van der Waals surface area contributed by atoms with Gasteiger partial charge in [-0.25, -0.2) is 4.18 Å². The van der Waals surface area contributed by atoms with E-state index in [0.717, 1.165) is 6.08 Å². The van der Waals surface area contributed by atoms with Crippen LogP contribution in [-0.4, -0.2) is 114 Å². The third-order valence-corrected chi connectivity index (χ3v) is 5.06. The van der Waals surface area contributed by atoms with Gasteiger partial charge in [0.15, 0.2) is 6.29 Å². The van der Waals surface area contributed by atoms with Crippen molar-refractivity contribution in [2.75, 3.05) is 13.2 Å². The SMILES string of the molecule is O=S(=O)(O)N[C@H]1[C@@H](O)[C@H](O[C@@H]2OC(CO)=C[C@H](O)[C@H]2O)[C@@H](COS(=O)(=O)O)O[C@H]1O. The van der Waals surface area contributed by atoms with Crippen LogP contribution in [0.5, 0.6) is 0 Å². The number of rotatable bonds is 8. The first-order chi connectivity index (χ1) is 13.7. The second-order valence-electron chi connectivity index (χ2n) is 6.25. The average Bonchev–Trinajstić information content (AvgIpc) is 2.61. The van der Waals surface area contributed by atoms with Gasteiger partial charge in [0.05, 0.1) is 6.61 Å². The van der Waals surface area contributed by atoms with Gasteiger partial charge in [-0.15, -0.1) is 0 Å². The maximum absolute atomic E-state index is 11.1. The molecule has 18 heteroatoms. The van der Waals surface area contributed by atoms with Crippen molar-refractivity contribution in [1.82, 2.24) is 4.72 Å². The molecule has 2 rings (SSSR count). The number of aliphatic hydroxyl groups excluding tert-OH is 5. The van der Waals surface area contributed by atoms with Crippen molar-refractivity contribution in [3.63, 3.8) is 0 Å². The molecule has 30 heavy (non-hydrogen) atoms. The molecule has 1 fully saturated rings. The van der Waals surface area contributed by atoms with Crippen LogP contribution in [0.3, 0.4) is 0 Å². The van der Waals surface area contributed by atoms with E-state index >= 15 is 0 Å². The van der Waals surface area contributed by atoms with Crippen molar-refractivity contribution in [1.29, 1.82) is 0 Å². The van der Waals surface area contributed by atoms with E-state index < -0.39 is 83.1 Å². The molecular formula is C12H21NO15S2. The number of nitrogens with one attached hydrogen (secondary N) is 1. The van der Waals surface area contributed by atoms with Crippen LogP contribution in [0.25, 0.3) is 0 Å². The number of hydrogen-bond acceptors (Lipinski definition) is 13. The van der Waals surface area contributed by atoms with E-state index in [4.69, 9.17) is 28.4 Å². The summed E-state index contributed by atoms with van der Waals surface area (Å²) < 4.78 is 82.3. The smallest absolute Gasteiger partial charge is 0.397 e. The lowest BCUT2D eigenvalue weighted by molar-refractivity contribution is -0.305. The van der Waals surface area contributed by atoms with Crippen molar-refractivity contribution >= 4 is 20.7 Å². The summed E-state index contributed by atoms with van der Waals surface area (Å²) in [6.07, 6.45) is -11.9. The van der Waals surface area contributed by atoms with Crippen molar-refractivity contribution in [3.8, 4) is 0 Å². The Bertz CT molecular complexity index is 827. The van der Waals surface area contributed by atoms with E-state index in [1.54, 1.807) is 0 Å². The van der Waals surface area contributed by atoms with Crippen LogP contribution in [-0.2, 0) is 39.1 Å². The Morgan fingerprint density at radius 3 is 2.23 bits per heavy atom. The minimum atomic E-state index is -5.00. The molecule has 0 amide bonds. The van der Waals surface area contributed by atoms with Gasteiger partial charge >= 0.3 is 20.7 Å². The van der Waals surface area contributed by atoms with Crippen LogP contribution in [0.4, 0.5) is 0 Å². The molecular weight excluding hydrogens is 462 g/mol. The van der Waals surface area contributed by atoms with Gasteiger partial charge in [-0.1, -0.05) is 0 Å². The Balaban J connectivity index is 2.28. The summed E-state index contributed by atoms with van der Waals surface area (Å²) in [5.74, 6) is -0.234. The molecule has 0 aromatic carbocycles. The standard InChI is InChI=1S/C12H21NO15S2/c14-2-4-1-5(15)8(16)12(26-4)28-10-6(3-25-30(22,23)24)27-11(18)7(9(10)17)13-29(19,20)21/h1,5-18H,2-3H2,(H,19,20,21)(H,22,23,24)/t5-,6+,7-,8+,9+,10+,11+,12-/m0/s1. The Kier molecular flexibility index (Phi) is 8.12. The predicted octanol–water partition coefficient (Wildman–Crippen LogP) is -5.02. The van der Waals surface area contributed by atoms with Crippen molar-refractivity contribution in [2.45, 2.75) is 49.1 Å². The molecule has 0 bridgehead atoms. The van der Waals surface area contributed by atoms with Gasteiger partial charge in [0.1, 0.15) is 48.9 Å². The van der Waals surface area contributed by atoms with Gasteiger partial charge in [-0.05, 0) is 6.08 Å². The van der Waals surface area contributed by atoms with Crippen LogP contribution in [0.2, 0.25) is 0 Å². The topological polar surface area (TPSA) is 259 Å². The molecule has 8 atom stereocenters. The van der Waals surface area contributed by atoms with Gasteiger partial charge in [0, 0.05) is 0 Å². The second kappa shape index (κ2) is 9.65. The minimum Gasteiger partial charge on any atom is -0.464 e. The molecule has 0 aromatic heterocycles. The normalized spacial score (nSPS) is 38.0. The molecule has 0 spiro atoms. The zero-order valence-electron chi connectivity index (χ0n) is 14.8. The van der Waals surface area contributed by atoms with Crippen LogP contribution in [0.15, 0.2) is 11.8 Å². The van der Waals surface area contributed by atoms with Crippen molar-refractivity contribution in [3.05, 3.63) is 11.8 Å². The van der Waals surface area contributed by atoms with Crippen LogP contribution in [0, 0.1) is 0 Å². The minimum absolute atomic E-state index is 0.234. The fraction of sp³-hybridized carbons (Fsp3) is 0.833. The molecule has 0 saturated carbocycles. The van der Waals surface area contributed by atoms with Gasteiger partial charge in [0.2, 0.25) is 6.29 Å². The van der Waals surface area contributed by atoms with Gasteiger partial charge in [-0.2, -0.15) is 21.6 Å². The fourth-order valence-electron chi connectivity index (χ4n) is 2.75. The lowest BCUT2D eigenvalue weighted by Crippen LogP contribution is -2.66. The van der Waals surface area contributed by atoms with Crippen LogP contribution >= 0.6 is 0 Å². The van der Waals surface area contributed by atoms with Gasteiger partial charge in [0.25, 0.3) is 0 Å². The number of hydrogen-bond donors (Lipinski definition) is 8. The highest BCUT2D eigenvalue weighted by Crippen LogP contribution is 2.28. The van der Waals surface area contributed by atoms with E-state index in [2.05, 4.69) is 4.18 Å². The van der Waals surface area contributed by atoms with Crippen molar-refractivity contribution in [2.24, 2.45) is 0 Å². The van der Waals surface area contributed by atoms with E-state index in [1.807, 2.05) is 0 Å². The summed E-state index contributed by atoms with van der Waals surface area (Å²) in [4.78, 5) is 0. The third-order valence-electron chi connectivity index (χ3n) is 4.06. The first kappa shape index (κ1) is 25.3. The number of aliphatic hydroxyl groups is 5. The Hall–Kier alpha value is -1.00. The Morgan fingerprint density at radius 1 is 1.07 bits per heavy atom. The lowest BCUT2D eigenvalue weighted by atomic mass is 9.97. The highest BCUT2D eigenvalue weighted by atomic mass is 32.3. The molecule has 0 aliphatic carbocycles. The summed E-state index contributed by atoms with van der Waals surface area (Å²) >= 11 is 0. The average molecular weight is 483 g/mol. The maximum atomic E-state index is 11.1. The first-order valence-corrected chi connectivity index (χ1v) is 10.9. The first-order valence-electron chi connectivity index (χ1n) is 8.10. The molecule has 1 saturated heterocycles. The molecule has 2 aliphatic rings. The Labute approximate surface area is 170 Å². The highest BCUT2D eigenvalue weighted by Gasteiger charge is 2.49. The zero-order valence-corrected chi connectivity index (χ0v) is 16.5. The van der Waals surface area contributed by atoms with E-state index in [-0.39, 0.29) is 5.76 Å². The van der Waals surface area contributed by atoms with Gasteiger partial charge in [-0.3, -0.25) is 9.11 Å². The van der Waals surface area contributed by atoms with Crippen molar-refractivity contribution < 1.29 is 69.9 Å². The molecule has 176 valence electrons. The molecule has 0 unspecified atom stereocenters. The monoisotopic (exact) mass is 483 g/mol. The predicted molar refractivity (Wildman–Crippen MR) is 89.8 cm³/mol. The maximum Gasteiger partial charge on any atom is 0.397 e. The zero-order chi connectivity index (χ0) is 22.9. The molecule has 16 nitrogen and oxygen atoms in total. The highest BCUT2D eigenvalue weighted by molar-refractivity contribution is 7.83. The molecule has 0 radical (unpaired) electrons. The molecule has 2 heterocycles. The van der Waals surface area contributed by atoms with Gasteiger partial charge < -0.3 is 39.7 Å². The van der Waals surface area contributed by atoms with E-state index in [9.17, 15) is 37.3 Å². The largest absolute Gasteiger partial charge is 0.464 e. The van der Waals surface area contributed by atoms with Crippen LogP contribution in [0.1, 0.15) is 0 Å². The van der Waals surface area contributed by atoms with E-state index in [1.165, 1.54) is 4.72 Å². The summed E-state index contributed by atoms with van der Waals surface area (Å²) in [5, 5.41) is 49.2. The number of ether oxygens (including phenoxy) is 3.